The third-order valence-corrected chi connectivity index (χ3v) is 6.32. The predicted octanol–water partition coefficient (Wildman–Crippen LogP) is 6.65. The van der Waals surface area contributed by atoms with Crippen LogP contribution in [0.2, 0.25) is 10.0 Å². The first-order chi connectivity index (χ1) is 14.2. The van der Waals surface area contributed by atoms with Crippen LogP contribution >= 0.6 is 23.2 Å². The Morgan fingerprint density at radius 1 is 1.27 bits per heavy atom. The maximum Gasteiger partial charge on any atom is 0.266 e. The third-order valence-electron chi connectivity index (χ3n) is 5.58. The first-order valence-electron chi connectivity index (χ1n) is 9.96. The van der Waals surface area contributed by atoms with Crippen molar-refractivity contribution in [2.24, 2.45) is 0 Å². The molecule has 0 aliphatic carbocycles. The Bertz CT molecular complexity index is 1050. The molecule has 4 nitrogen and oxygen atoms in total. The molecule has 0 bridgehead atoms. The van der Waals surface area contributed by atoms with Crippen LogP contribution in [0.25, 0.3) is 6.08 Å². The van der Waals surface area contributed by atoms with Gasteiger partial charge in [0.25, 0.3) is 5.91 Å². The van der Waals surface area contributed by atoms with Crippen molar-refractivity contribution in [3.8, 4) is 6.07 Å². The van der Waals surface area contributed by atoms with Crippen LogP contribution in [-0.2, 0) is 4.79 Å². The number of amides is 1. The van der Waals surface area contributed by atoms with Gasteiger partial charge in [0.1, 0.15) is 11.6 Å². The van der Waals surface area contributed by atoms with Crippen LogP contribution in [0, 0.1) is 11.3 Å². The molecule has 0 fully saturated rings. The van der Waals surface area contributed by atoms with Gasteiger partial charge in [0.2, 0.25) is 0 Å². The Morgan fingerprint density at radius 3 is 2.63 bits per heavy atom. The molecule has 1 aliphatic rings. The highest BCUT2D eigenvalue weighted by molar-refractivity contribution is 6.42. The Balaban J connectivity index is 1.89. The first kappa shape index (κ1) is 22.2. The van der Waals surface area contributed by atoms with Crippen molar-refractivity contribution < 1.29 is 4.79 Å². The zero-order valence-corrected chi connectivity index (χ0v) is 19.1. The molecule has 0 saturated carbocycles. The molecule has 0 radical (unpaired) electrons. The average molecular weight is 442 g/mol. The first-order valence-corrected chi connectivity index (χ1v) is 10.7. The fourth-order valence-corrected chi connectivity index (χ4v) is 4.58. The van der Waals surface area contributed by atoms with E-state index in [-0.39, 0.29) is 11.1 Å². The number of fused-ring (bicyclic) bond motifs is 1. The summed E-state index contributed by atoms with van der Waals surface area (Å²) < 4.78 is 0. The van der Waals surface area contributed by atoms with Crippen LogP contribution in [0.5, 0.6) is 0 Å². The molecule has 1 atom stereocenters. The molecule has 0 spiro atoms. The Morgan fingerprint density at radius 2 is 2.00 bits per heavy atom. The standard InChI is InChI=1S/C24H25Cl2N3O/c1-5-29-22-9-6-16(11-19(22)15(2)13-24(29,3)4)10-17(14-27)23(30)28-18-7-8-20(25)21(26)12-18/h6-12,15H,5,13H2,1-4H3,(H,28,30)/b17-10-. The molecule has 2 aromatic rings. The molecule has 156 valence electrons. The van der Waals surface area contributed by atoms with Crippen LogP contribution in [0.1, 0.15) is 51.2 Å². The highest BCUT2D eigenvalue weighted by Crippen LogP contribution is 2.43. The van der Waals surface area contributed by atoms with Crippen LogP contribution in [0.4, 0.5) is 11.4 Å². The molecular formula is C24H25Cl2N3O. The van der Waals surface area contributed by atoms with Crippen molar-refractivity contribution in [1.82, 2.24) is 0 Å². The van der Waals surface area contributed by atoms with Crippen molar-refractivity contribution >= 4 is 46.6 Å². The topological polar surface area (TPSA) is 56.1 Å². The largest absolute Gasteiger partial charge is 0.366 e. The molecule has 1 amide bonds. The van der Waals surface area contributed by atoms with E-state index in [4.69, 9.17) is 23.2 Å². The lowest BCUT2D eigenvalue weighted by molar-refractivity contribution is -0.112. The number of hydrogen-bond donors (Lipinski definition) is 1. The van der Waals surface area contributed by atoms with Crippen molar-refractivity contribution in [3.63, 3.8) is 0 Å². The van der Waals surface area contributed by atoms with Gasteiger partial charge in [-0.05, 0) is 80.6 Å². The minimum Gasteiger partial charge on any atom is -0.366 e. The number of nitrogens with one attached hydrogen (secondary N) is 1. The number of benzene rings is 2. The molecule has 6 heteroatoms. The summed E-state index contributed by atoms with van der Waals surface area (Å²) in [5, 5.41) is 13.0. The van der Waals surface area contributed by atoms with E-state index in [1.165, 1.54) is 11.3 Å². The molecule has 3 rings (SSSR count). The number of nitrogens with zero attached hydrogens (tertiary/aromatic N) is 2. The number of hydrogen-bond acceptors (Lipinski definition) is 3. The lowest BCUT2D eigenvalue weighted by atomic mass is 9.79. The van der Waals surface area contributed by atoms with Gasteiger partial charge >= 0.3 is 0 Å². The zero-order chi connectivity index (χ0) is 22.1. The van der Waals surface area contributed by atoms with Crippen molar-refractivity contribution in [1.29, 1.82) is 5.26 Å². The average Bonchev–Trinajstić information content (AvgIpc) is 2.68. The van der Waals surface area contributed by atoms with Crippen LogP contribution in [0.15, 0.2) is 42.0 Å². The van der Waals surface area contributed by atoms with Crippen LogP contribution in [0.3, 0.4) is 0 Å². The van der Waals surface area contributed by atoms with E-state index in [9.17, 15) is 10.1 Å². The SMILES string of the molecule is CCN1c2ccc(/C=C(/C#N)C(=O)Nc3ccc(Cl)c(Cl)c3)cc2C(C)CC1(C)C. The number of rotatable bonds is 4. The quantitative estimate of drug-likeness (QED) is 0.426. The van der Waals surface area contributed by atoms with E-state index >= 15 is 0 Å². The molecule has 1 N–H and O–H groups in total. The maximum absolute atomic E-state index is 12.6. The van der Waals surface area contributed by atoms with E-state index < -0.39 is 5.91 Å². The summed E-state index contributed by atoms with van der Waals surface area (Å²) in [4.78, 5) is 15.0. The van der Waals surface area contributed by atoms with Crippen LogP contribution in [-0.4, -0.2) is 18.0 Å². The number of nitriles is 1. The second-order valence-corrected chi connectivity index (χ2v) is 9.05. The van der Waals surface area contributed by atoms with Gasteiger partial charge in [-0.15, -0.1) is 0 Å². The molecule has 1 aliphatic heterocycles. The maximum atomic E-state index is 12.6. The second-order valence-electron chi connectivity index (χ2n) is 8.23. The smallest absolute Gasteiger partial charge is 0.266 e. The van der Waals surface area contributed by atoms with Crippen LogP contribution < -0.4 is 10.2 Å². The molecular weight excluding hydrogens is 417 g/mol. The van der Waals surface area contributed by atoms with E-state index in [0.29, 0.717) is 21.7 Å². The molecule has 1 heterocycles. The second kappa shape index (κ2) is 8.71. The van der Waals surface area contributed by atoms with Gasteiger partial charge in [-0.2, -0.15) is 5.26 Å². The molecule has 0 saturated heterocycles. The summed E-state index contributed by atoms with van der Waals surface area (Å²) >= 11 is 11.9. The minimum atomic E-state index is -0.488. The minimum absolute atomic E-state index is 0.0252. The van der Waals surface area contributed by atoms with Gasteiger partial charge in [-0.25, -0.2) is 0 Å². The lowest BCUT2D eigenvalue weighted by Crippen LogP contribution is -2.48. The van der Waals surface area contributed by atoms with E-state index in [1.807, 2.05) is 12.1 Å². The normalized spacial score (nSPS) is 17.8. The lowest BCUT2D eigenvalue weighted by Gasteiger charge is -2.47. The fourth-order valence-electron chi connectivity index (χ4n) is 4.28. The molecule has 2 aromatic carbocycles. The third kappa shape index (κ3) is 4.48. The van der Waals surface area contributed by atoms with Gasteiger partial charge in [0.05, 0.1) is 10.0 Å². The summed E-state index contributed by atoms with van der Waals surface area (Å²) in [7, 11) is 0. The summed E-state index contributed by atoms with van der Waals surface area (Å²) in [6.45, 7) is 9.85. The van der Waals surface area contributed by atoms with E-state index in [2.05, 4.69) is 50.0 Å². The fraction of sp³-hybridized carbons (Fsp3) is 0.333. The van der Waals surface area contributed by atoms with Crippen molar-refractivity contribution in [3.05, 3.63) is 63.1 Å². The number of halogens is 2. The van der Waals surface area contributed by atoms with Gasteiger partial charge in [-0.1, -0.05) is 36.2 Å². The summed E-state index contributed by atoms with van der Waals surface area (Å²) in [5.41, 5.74) is 3.89. The Labute approximate surface area is 188 Å². The zero-order valence-electron chi connectivity index (χ0n) is 17.6. The predicted molar refractivity (Wildman–Crippen MR) is 125 cm³/mol. The Hall–Kier alpha value is -2.48. The Kier molecular flexibility index (Phi) is 6.45. The van der Waals surface area contributed by atoms with Crippen molar-refractivity contribution in [2.75, 3.05) is 16.8 Å². The monoisotopic (exact) mass is 441 g/mol. The van der Waals surface area contributed by atoms with Crippen molar-refractivity contribution in [2.45, 2.75) is 45.6 Å². The van der Waals surface area contributed by atoms with E-state index in [0.717, 1.165) is 18.5 Å². The molecule has 0 aromatic heterocycles. The highest BCUT2D eigenvalue weighted by atomic mass is 35.5. The van der Waals surface area contributed by atoms with Gasteiger partial charge in [-0.3, -0.25) is 4.79 Å². The summed E-state index contributed by atoms with van der Waals surface area (Å²) in [5.74, 6) is -0.0975. The van der Waals surface area contributed by atoms with Gasteiger partial charge < -0.3 is 10.2 Å². The molecule has 30 heavy (non-hydrogen) atoms. The highest BCUT2D eigenvalue weighted by Gasteiger charge is 2.35. The van der Waals surface area contributed by atoms with E-state index in [1.54, 1.807) is 24.3 Å². The number of anilines is 2. The molecule has 1 unspecified atom stereocenters. The number of carbonyl (C=O) groups is 1. The summed E-state index contributed by atoms with van der Waals surface area (Å²) in [6, 6.07) is 12.9. The van der Waals surface area contributed by atoms with Gasteiger partial charge in [0, 0.05) is 23.5 Å². The summed E-state index contributed by atoms with van der Waals surface area (Å²) in [6.07, 6.45) is 2.67. The number of carbonyl (C=O) groups excluding carboxylic acids is 1. The van der Waals surface area contributed by atoms with Gasteiger partial charge in [0.15, 0.2) is 0 Å².